The fraction of sp³-hybridized carbons (Fsp3) is 0.143. The van der Waals surface area contributed by atoms with Crippen molar-refractivity contribution >= 4 is 22.3 Å². The van der Waals surface area contributed by atoms with E-state index in [1.807, 2.05) is 61.5 Å². The Labute approximate surface area is 155 Å². The Morgan fingerprint density at radius 2 is 1.77 bits per heavy atom. The van der Waals surface area contributed by atoms with Crippen molar-refractivity contribution in [2.24, 2.45) is 0 Å². The number of thiazole rings is 1. The highest BCUT2D eigenvalue weighted by Gasteiger charge is 2.25. The smallest absolute Gasteiger partial charge is 0.355 e. The van der Waals surface area contributed by atoms with Crippen molar-refractivity contribution in [3.05, 3.63) is 70.7 Å². The molecule has 4 aromatic rings. The van der Waals surface area contributed by atoms with Crippen LogP contribution in [0, 0.1) is 6.92 Å². The fourth-order valence-electron chi connectivity index (χ4n) is 3.19. The molecule has 4 rings (SSSR count). The minimum Gasteiger partial charge on any atom is -0.476 e. The summed E-state index contributed by atoms with van der Waals surface area (Å²) in [6.07, 6.45) is 0.830. The number of carbonyl (C=O) groups is 1. The van der Waals surface area contributed by atoms with Gasteiger partial charge in [0.05, 0.1) is 5.69 Å². The van der Waals surface area contributed by atoms with E-state index in [0.717, 1.165) is 28.1 Å². The summed E-state index contributed by atoms with van der Waals surface area (Å²) in [7, 11) is 0. The van der Waals surface area contributed by atoms with Crippen LogP contribution in [0.5, 0.6) is 0 Å². The van der Waals surface area contributed by atoms with Crippen LogP contribution in [0.1, 0.15) is 27.9 Å². The molecule has 0 aliphatic rings. The number of carboxylic acids is 1. The number of aryl methyl sites for hydroxylation is 2. The molecule has 0 aliphatic heterocycles. The van der Waals surface area contributed by atoms with Crippen LogP contribution in [-0.4, -0.2) is 20.5 Å². The lowest BCUT2D eigenvalue weighted by atomic mass is 10.1. The largest absolute Gasteiger partial charge is 0.476 e. The van der Waals surface area contributed by atoms with Crippen molar-refractivity contribution in [3.8, 4) is 22.5 Å². The zero-order valence-electron chi connectivity index (χ0n) is 14.6. The van der Waals surface area contributed by atoms with E-state index in [-0.39, 0.29) is 5.69 Å². The van der Waals surface area contributed by atoms with Crippen molar-refractivity contribution in [2.45, 2.75) is 20.3 Å². The van der Waals surface area contributed by atoms with Gasteiger partial charge in [0.25, 0.3) is 0 Å². The summed E-state index contributed by atoms with van der Waals surface area (Å²) in [5.41, 5.74) is 4.66. The molecule has 1 N–H and O–H groups in total. The molecule has 2 aromatic heterocycles. The highest BCUT2D eigenvalue weighted by atomic mass is 32.1. The molecule has 0 amide bonds. The van der Waals surface area contributed by atoms with Crippen LogP contribution in [0.4, 0.5) is 0 Å². The first kappa shape index (κ1) is 16.5. The third-order valence-electron chi connectivity index (χ3n) is 4.44. The lowest BCUT2D eigenvalue weighted by Gasteiger charge is -2.07. The summed E-state index contributed by atoms with van der Waals surface area (Å²) >= 11 is 1.56. The molecule has 4 nitrogen and oxygen atoms in total. The number of fused-ring (bicyclic) bond motifs is 1. The molecule has 0 atom stereocenters. The molecule has 0 unspecified atom stereocenters. The van der Waals surface area contributed by atoms with Crippen LogP contribution in [0.25, 0.3) is 27.5 Å². The molecule has 0 bridgehead atoms. The second-order valence-electron chi connectivity index (χ2n) is 6.19. The topological polar surface area (TPSA) is 54.6 Å². The Morgan fingerprint density at radius 3 is 2.38 bits per heavy atom. The Bertz CT molecular complexity index is 1090. The van der Waals surface area contributed by atoms with Crippen molar-refractivity contribution in [1.29, 1.82) is 0 Å². The van der Waals surface area contributed by atoms with Gasteiger partial charge in [0.2, 0.25) is 0 Å². The number of imidazole rings is 1. The predicted octanol–water partition coefficient (Wildman–Crippen LogP) is 5.30. The Hall–Kier alpha value is -2.92. The van der Waals surface area contributed by atoms with Crippen LogP contribution < -0.4 is 0 Å². The molecule has 0 fully saturated rings. The van der Waals surface area contributed by atoms with Crippen LogP contribution in [0.2, 0.25) is 0 Å². The number of hydrogen-bond donors (Lipinski definition) is 1. The highest BCUT2D eigenvalue weighted by molar-refractivity contribution is 7.17. The number of nitrogens with zero attached hydrogens (tertiary/aromatic N) is 2. The van der Waals surface area contributed by atoms with Crippen molar-refractivity contribution in [1.82, 2.24) is 9.38 Å². The van der Waals surface area contributed by atoms with Gasteiger partial charge in [0.15, 0.2) is 10.7 Å². The van der Waals surface area contributed by atoms with Crippen molar-refractivity contribution < 1.29 is 9.90 Å². The molecule has 2 heterocycles. The third kappa shape index (κ3) is 2.61. The van der Waals surface area contributed by atoms with Gasteiger partial charge >= 0.3 is 5.97 Å². The zero-order chi connectivity index (χ0) is 18.3. The quantitative estimate of drug-likeness (QED) is 0.536. The van der Waals surface area contributed by atoms with Gasteiger partial charge in [0, 0.05) is 10.4 Å². The van der Waals surface area contributed by atoms with Gasteiger partial charge in [-0.1, -0.05) is 67.1 Å². The van der Waals surface area contributed by atoms with E-state index in [1.54, 1.807) is 15.7 Å². The minimum atomic E-state index is -0.967. The van der Waals surface area contributed by atoms with E-state index in [0.29, 0.717) is 10.7 Å². The van der Waals surface area contributed by atoms with E-state index in [2.05, 4.69) is 11.9 Å². The number of benzene rings is 2. The first-order valence-corrected chi connectivity index (χ1v) is 9.31. The zero-order valence-corrected chi connectivity index (χ0v) is 15.4. The van der Waals surface area contributed by atoms with Crippen LogP contribution in [0.15, 0.2) is 54.6 Å². The minimum absolute atomic E-state index is 0.220. The number of hydrogen-bond acceptors (Lipinski definition) is 3. The predicted molar refractivity (Wildman–Crippen MR) is 105 cm³/mol. The molecule has 2 aromatic carbocycles. The van der Waals surface area contributed by atoms with Crippen molar-refractivity contribution in [2.75, 3.05) is 0 Å². The van der Waals surface area contributed by atoms with Gasteiger partial charge in [-0.25, -0.2) is 9.78 Å². The maximum absolute atomic E-state index is 12.1. The second-order valence-corrected chi connectivity index (χ2v) is 7.25. The van der Waals surface area contributed by atoms with E-state index in [9.17, 15) is 9.90 Å². The molecular weight excluding hydrogens is 344 g/mol. The number of aromatic carboxylic acids is 1. The van der Waals surface area contributed by atoms with Gasteiger partial charge in [-0.3, -0.25) is 4.40 Å². The highest BCUT2D eigenvalue weighted by Crippen LogP contribution is 2.37. The lowest BCUT2D eigenvalue weighted by Crippen LogP contribution is -2.05. The van der Waals surface area contributed by atoms with Crippen LogP contribution in [-0.2, 0) is 6.42 Å². The lowest BCUT2D eigenvalue weighted by molar-refractivity contribution is 0.0690. The normalized spacial score (nSPS) is 11.2. The fourth-order valence-corrected chi connectivity index (χ4v) is 4.28. The Kier molecular flexibility index (Phi) is 4.09. The summed E-state index contributed by atoms with van der Waals surface area (Å²) in [5.74, 6) is -0.967. The Balaban J connectivity index is 2.06. The molecule has 26 heavy (non-hydrogen) atoms. The molecule has 0 saturated heterocycles. The number of rotatable bonds is 4. The van der Waals surface area contributed by atoms with E-state index < -0.39 is 5.97 Å². The number of aromatic nitrogens is 2. The molecular formula is C21H18N2O2S. The van der Waals surface area contributed by atoms with Gasteiger partial charge in [0.1, 0.15) is 5.69 Å². The van der Waals surface area contributed by atoms with E-state index >= 15 is 0 Å². The summed E-state index contributed by atoms with van der Waals surface area (Å²) < 4.78 is 1.80. The molecule has 0 spiro atoms. The van der Waals surface area contributed by atoms with Gasteiger partial charge in [-0.05, 0) is 18.9 Å². The average molecular weight is 362 g/mol. The average Bonchev–Trinajstić information content (AvgIpc) is 3.18. The standard InChI is InChI=1S/C21H18N2O2S/c1-3-16-18(15-11-9-13(2)10-12-15)23-19(20(24)25)17(22-21(23)26-16)14-7-5-4-6-8-14/h4-12H,3H2,1-2H3,(H,24,25). The van der Waals surface area contributed by atoms with Gasteiger partial charge < -0.3 is 5.11 Å². The van der Waals surface area contributed by atoms with Gasteiger partial charge in [-0.2, -0.15) is 0 Å². The summed E-state index contributed by atoms with van der Waals surface area (Å²) in [6.45, 7) is 4.13. The van der Waals surface area contributed by atoms with Gasteiger partial charge in [-0.15, -0.1) is 11.3 Å². The molecule has 130 valence electrons. The Morgan fingerprint density at radius 1 is 1.08 bits per heavy atom. The molecule has 0 radical (unpaired) electrons. The molecule has 0 aliphatic carbocycles. The summed E-state index contributed by atoms with van der Waals surface area (Å²) in [5, 5.41) is 9.96. The summed E-state index contributed by atoms with van der Waals surface area (Å²) in [6, 6.07) is 17.7. The number of carboxylic acid groups (broad SMARTS) is 1. The maximum Gasteiger partial charge on any atom is 0.355 e. The second kappa shape index (κ2) is 6.42. The van der Waals surface area contributed by atoms with E-state index in [1.165, 1.54) is 5.56 Å². The van der Waals surface area contributed by atoms with E-state index in [4.69, 9.17) is 0 Å². The van der Waals surface area contributed by atoms with Crippen LogP contribution in [0.3, 0.4) is 0 Å². The van der Waals surface area contributed by atoms with Crippen LogP contribution >= 0.6 is 11.3 Å². The first-order chi connectivity index (χ1) is 12.6. The SMILES string of the molecule is CCc1sc2nc(-c3ccccc3)c(C(=O)O)n2c1-c1ccc(C)cc1. The maximum atomic E-state index is 12.1. The third-order valence-corrected chi connectivity index (χ3v) is 5.63. The van der Waals surface area contributed by atoms with Crippen molar-refractivity contribution in [3.63, 3.8) is 0 Å². The molecule has 5 heteroatoms. The monoisotopic (exact) mass is 362 g/mol. The summed E-state index contributed by atoms with van der Waals surface area (Å²) in [4.78, 5) is 18.7. The first-order valence-electron chi connectivity index (χ1n) is 8.50. The molecule has 0 saturated carbocycles.